The summed E-state index contributed by atoms with van der Waals surface area (Å²) in [5.74, 6) is 1.81. The predicted octanol–water partition coefficient (Wildman–Crippen LogP) is 6.32. The van der Waals surface area contributed by atoms with E-state index in [-0.39, 0.29) is 11.9 Å². The van der Waals surface area contributed by atoms with Gasteiger partial charge in [0.1, 0.15) is 5.75 Å². The molecule has 3 atom stereocenters. The van der Waals surface area contributed by atoms with Gasteiger partial charge in [0.25, 0.3) is 5.91 Å². The zero-order valence-electron chi connectivity index (χ0n) is 19.2. The Morgan fingerprint density at radius 3 is 2.66 bits per heavy atom. The highest BCUT2D eigenvalue weighted by molar-refractivity contribution is 6.01. The van der Waals surface area contributed by atoms with Crippen LogP contribution < -0.4 is 10.1 Å². The summed E-state index contributed by atoms with van der Waals surface area (Å²) in [6, 6.07) is 15.0. The van der Waals surface area contributed by atoms with E-state index >= 15 is 0 Å². The van der Waals surface area contributed by atoms with Crippen molar-refractivity contribution in [1.82, 2.24) is 4.90 Å². The normalized spacial score (nSPS) is 24.4. The molecule has 4 nitrogen and oxygen atoms in total. The number of carbonyl (C=O) groups excluding carboxylic acids is 1. The monoisotopic (exact) mass is 430 g/mol. The molecule has 2 aromatic rings. The molecule has 1 amide bonds. The minimum absolute atomic E-state index is 0.110. The number of hydrogen-bond donors (Lipinski definition) is 1. The van der Waals surface area contributed by atoms with Crippen molar-refractivity contribution in [2.75, 3.05) is 19.0 Å². The van der Waals surface area contributed by atoms with Gasteiger partial charge in [0, 0.05) is 24.6 Å². The van der Waals surface area contributed by atoms with Gasteiger partial charge in [0.2, 0.25) is 0 Å². The lowest BCUT2D eigenvalue weighted by Gasteiger charge is -2.39. The molecule has 2 aromatic carbocycles. The van der Waals surface area contributed by atoms with Crippen LogP contribution in [0.25, 0.3) is 0 Å². The van der Waals surface area contributed by atoms with Crippen molar-refractivity contribution in [2.45, 2.75) is 63.5 Å². The molecule has 3 unspecified atom stereocenters. The van der Waals surface area contributed by atoms with Crippen LogP contribution in [-0.4, -0.2) is 30.5 Å². The summed E-state index contributed by atoms with van der Waals surface area (Å²) in [6.07, 6.45) is 11.6. The van der Waals surface area contributed by atoms with Crippen LogP contribution in [-0.2, 0) is 0 Å². The van der Waals surface area contributed by atoms with Gasteiger partial charge < -0.3 is 15.0 Å². The molecule has 2 aliphatic carbocycles. The number of benzene rings is 2. The van der Waals surface area contributed by atoms with Crippen molar-refractivity contribution in [3.05, 3.63) is 71.3 Å². The summed E-state index contributed by atoms with van der Waals surface area (Å²) >= 11 is 0. The van der Waals surface area contributed by atoms with Crippen molar-refractivity contribution < 1.29 is 9.53 Å². The van der Waals surface area contributed by atoms with E-state index in [2.05, 4.69) is 47.8 Å². The van der Waals surface area contributed by atoms with Crippen LogP contribution in [0.15, 0.2) is 54.6 Å². The average Bonchev–Trinajstić information content (AvgIpc) is 3.34. The molecule has 3 aliphatic rings. The first kappa shape index (κ1) is 21.1. The number of nitrogens with zero attached hydrogens (tertiary/aromatic N) is 1. The van der Waals surface area contributed by atoms with Gasteiger partial charge in [-0.25, -0.2) is 0 Å². The molecule has 0 radical (unpaired) electrons. The molecule has 4 heteroatoms. The van der Waals surface area contributed by atoms with E-state index in [1.165, 1.54) is 30.4 Å². The molecule has 0 bridgehead atoms. The maximum Gasteiger partial charge on any atom is 0.255 e. The van der Waals surface area contributed by atoms with E-state index in [9.17, 15) is 4.79 Å². The Kier molecular flexibility index (Phi) is 5.95. The molecule has 0 spiro atoms. The Morgan fingerprint density at radius 1 is 1.06 bits per heavy atom. The molecule has 1 heterocycles. The first-order valence-electron chi connectivity index (χ1n) is 12.2. The maximum absolute atomic E-state index is 13.7. The first-order valence-corrected chi connectivity index (χ1v) is 12.2. The fraction of sp³-hybridized carbons (Fsp3) is 0.464. The highest BCUT2D eigenvalue weighted by atomic mass is 16.5. The molecule has 0 saturated heterocycles. The van der Waals surface area contributed by atoms with Gasteiger partial charge in [0.05, 0.1) is 23.9 Å². The second kappa shape index (κ2) is 9.01. The number of amides is 1. The van der Waals surface area contributed by atoms with Gasteiger partial charge in [0.15, 0.2) is 0 Å². The minimum Gasteiger partial charge on any atom is -0.494 e. The lowest BCUT2D eigenvalue weighted by atomic mass is 9.76. The summed E-state index contributed by atoms with van der Waals surface area (Å²) in [5, 5.41) is 3.82. The van der Waals surface area contributed by atoms with Gasteiger partial charge in [-0.15, -0.1) is 0 Å². The Hall–Kier alpha value is -2.75. The second-order valence-corrected chi connectivity index (χ2v) is 9.42. The molecule has 1 N–H and O–H groups in total. The first-order chi connectivity index (χ1) is 15.7. The van der Waals surface area contributed by atoms with Crippen LogP contribution >= 0.6 is 0 Å². The van der Waals surface area contributed by atoms with Crippen LogP contribution in [0.5, 0.6) is 5.75 Å². The van der Waals surface area contributed by atoms with E-state index < -0.39 is 0 Å². The molecule has 1 fully saturated rings. The lowest BCUT2D eigenvalue weighted by molar-refractivity contribution is 0.0697. The van der Waals surface area contributed by atoms with E-state index in [0.717, 1.165) is 36.3 Å². The standard InChI is InChI=1S/C28H34N2O2/c1-3-32-25-18-8-7-13-23(25)26-21-15-9-14-20(21)22-16-10-17-24(27(22)29-26)28(31)30(2)19-11-5-4-6-12-19/h7-10,13-14,16-21,26,29H,3-6,11-12,15H2,1-2H3. The third kappa shape index (κ3) is 3.70. The van der Waals surface area contributed by atoms with Gasteiger partial charge in [-0.05, 0) is 49.8 Å². The Bertz CT molecular complexity index is 1010. The molecule has 32 heavy (non-hydrogen) atoms. The zero-order chi connectivity index (χ0) is 22.1. The van der Waals surface area contributed by atoms with Crippen LogP contribution in [0, 0.1) is 5.92 Å². The van der Waals surface area contributed by atoms with Gasteiger partial charge >= 0.3 is 0 Å². The summed E-state index contributed by atoms with van der Waals surface area (Å²) in [7, 11) is 1.99. The third-order valence-corrected chi connectivity index (χ3v) is 7.62. The summed E-state index contributed by atoms with van der Waals surface area (Å²) in [4.78, 5) is 15.7. The fourth-order valence-corrected chi connectivity index (χ4v) is 5.96. The lowest BCUT2D eigenvalue weighted by Crippen LogP contribution is -2.39. The van der Waals surface area contributed by atoms with Gasteiger partial charge in [-0.2, -0.15) is 0 Å². The average molecular weight is 431 g/mol. The van der Waals surface area contributed by atoms with Crippen LogP contribution in [0.1, 0.15) is 78.9 Å². The van der Waals surface area contributed by atoms with Gasteiger partial charge in [-0.3, -0.25) is 4.79 Å². The number of rotatable bonds is 5. The smallest absolute Gasteiger partial charge is 0.255 e. The molecule has 1 aliphatic heterocycles. The van der Waals surface area contributed by atoms with E-state index in [1.807, 2.05) is 31.0 Å². The number of ether oxygens (including phenoxy) is 1. The summed E-state index contributed by atoms with van der Waals surface area (Å²) in [5.41, 5.74) is 4.23. The quantitative estimate of drug-likeness (QED) is 0.565. The fourth-order valence-electron chi connectivity index (χ4n) is 5.96. The second-order valence-electron chi connectivity index (χ2n) is 9.42. The van der Waals surface area contributed by atoms with Crippen LogP contribution in [0.3, 0.4) is 0 Å². The summed E-state index contributed by atoms with van der Waals surface area (Å²) < 4.78 is 5.99. The molecule has 1 saturated carbocycles. The summed E-state index contributed by atoms with van der Waals surface area (Å²) in [6.45, 7) is 2.67. The van der Waals surface area contributed by atoms with Crippen LogP contribution in [0.4, 0.5) is 5.69 Å². The SMILES string of the molecule is CCOc1ccccc1C1Nc2c(C(=O)N(C)C3CCCCC3)cccc2C2C=CCC21. The number of carbonyl (C=O) groups is 1. The molecular weight excluding hydrogens is 396 g/mol. The van der Waals surface area contributed by atoms with Crippen molar-refractivity contribution in [3.8, 4) is 5.75 Å². The highest BCUT2D eigenvalue weighted by Gasteiger charge is 2.40. The molecular formula is C28H34N2O2. The number of fused-ring (bicyclic) bond motifs is 3. The largest absolute Gasteiger partial charge is 0.494 e. The number of hydrogen-bond acceptors (Lipinski definition) is 3. The molecule has 168 valence electrons. The Morgan fingerprint density at radius 2 is 1.84 bits per heavy atom. The maximum atomic E-state index is 13.7. The Labute approximate surface area is 191 Å². The van der Waals surface area contributed by atoms with Gasteiger partial charge in [-0.1, -0.05) is 61.7 Å². The predicted molar refractivity (Wildman–Crippen MR) is 129 cm³/mol. The van der Waals surface area contributed by atoms with Crippen molar-refractivity contribution >= 4 is 11.6 Å². The van der Waals surface area contributed by atoms with Crippen molar-refractivity contribution in [1.29, 1.82) is 0 Å². The molecule has 0 aromatic heterocycles. The van der Waals surface area contributed by atoms with Crippen molar-refractivity contribution in [3.63, 3.8) is 0 Å². The topological polar surface area (TPSA) is 41.6 Å². The van der Waals surface area contributed by atoms with E-state index in [0.29, 0.717) is 24.5 Å². The minimum atomic E-state index is 0.110. The molecule has 5 rings (SSSR count). The van der Waals surface area contributed by atoms with Crippen LogP contribution in [0.2, 0.25) is 0 Å². The number of para-hydroxylation sites is 2. The number of nitrogens with one attached hydrogen (secondary N) is 1. The van der Waals surface area contributed by atoms with Crippen molar-refractivity contribution in [2.24, 2.45) is 5.92 Å². The highest BCUT2D eigenvalue weighted by Crippen LogP contribution is 2.52. The van der Waals surface area contributed by atoms with E-state index in [4.69, 9.17) is 4.74 Å². The third-order valence-electron chi connectivity index (χ3n) is 7.62. The Balaban J connectivity index is 1.53. The number of anilines is 1. The zero-order valence-corrected chi connectivity index (χ0v) is 19.2. The number of allylic oxidation sites excluding steroid dienone is 2. The van der Waals surface area contributed by atoms with E-state index in [1.54, 1.807) is 0 Å².